The predicted octanol–water partition coefficient (Wildman–Crippen LogP) is 1.41. The number of piperidine rings is 1. The van der Waals surface area contributed by atoms with Crippen LogP contribution in [0.4, 0.5) is 13.6 Å². The zero-order chi connectivity index (χ0) is 16.4. The van der Waals surface area contributed by atoms with Crippen molar-refractivity contribution in [1.29, 1.82) is 0 Å². The summed E-state index contributed by atoms with van der Waals surface area (Å²) in [6, 6.07) is 0. The molecule has 0 aromatic rings. The lowest BCUT2D eigenvalue weighted by molar-refractivity contribution is -0.190. The van der Waals surface area contributed by atoms with Gasteiger partial charge in [-0.05, 0) is 27.7 Å². The van der Waals surface area contributed by atoms with Crippen LogP contribution in [0.25, 0.3) is 0 Å². The number of alkyl halides is 2. The molecule has 0 saturated carbocycles. The van der Waals surface area contributed by atoms with Gasteiger partial charge in [-0.15, -0.1) is 0 Å². The van der Waals surface area contributed by atoms with Crippen LogP contribution >= 0.6 is 0 Å². The van der Waals surface area contributed by atoms with Crippen molar-refractivity contribution in [2.45, 2.75) is 45.3 Å². The maximum absolute atomic E-state index is 13.8. The minimum absolute atomic E-state index is 0.0000618. The number of rotatable bonds is 2. The van der Waals surface area contributed by atoms with Crippen molar-refractivity contribution in [1.82, 2.24) is 4.90 Å². The van der Waals surface area contributed by atoms with E-state index in [1.165, 1.54) is 6.92 Å². The van der Waals surface area contributed by atoms with Gasteiger partial charge in [0.2, 0.25) is 0 Å². The Morgan fingerprint density at radius 1 is 1.38 bits per heavy atom. The first kappa shape index (κ1) is 17.6. The van der Waals surface area contributed by atoms with Crippen molar-refractivity contribution in [3.63, 3.8) is 0 Å². The fourth-order valence-electron chi connectivity index (χ4n) is 1.96. The Bertz CT molecular complexity index is 408. The molecule has 21 heavy (non-hydrogen) atoms. The fraction of sp³-hybridized carbons (Fsp3) is 0.846. The number of ether oxygens (including phenoxy) is 2. The van der Waals surface area contributed by atoms with E-state index in [-0.39, 0.29) is 13.2 Å². The molecule has 6 nitrogen and oxygen atoms in total. The van der Waals surface area contributed by atoms with E-state index in [4.69, 9.17) is 4.74 Å². The molecular formula is C13H21F2NO5. The minimum Gasteiger partial charge on any atom is -0.466 e. The standard InChI is InChI=1S/C13H21F2NO5/c1-5-20-10(18)8-6-16(7-13(14,15)9(8)17)11(19)21-12(2,3)4/h8-9,17H,5-7H2,1-4H3/t8-,9+/m1/s1. The van der Waals surface area contributed by atoms with Crippen LogP contribution in [0.2, 0.25) is 0 Å². The average molecular weight is 309 g/mol. The zero-order valence-corrected chi connectivity index (χ0v) is 12.6. The molecule has 0 aliphatic carbocycles. The quantitative estimate of drug-likeness (QED) is 0.781. The Morgan fingerprint density at radius 3 is 2.43 bits per heavy atom. The molecule has 122 valence electrons. The Morgan fingerprint density at radius 2 is 1.95 bits per heavy atom. The number of aliphatic hydroxyl groups excluding tert-OH is 1. The summed E-state index contributed by atoms with van der Waals surface area (Å²) in [5.74, 6) is -6.06. The van der Waals surface area contributed by atoms with Crippen molar-refractivity contribution < 1.29 is 33.0 Å². The van der Waals surface area contributed by atoms with Crippen LogP contribution in [-0.4, -0.2) is 59.4 Å². The molecule has 2 atom stereocenters. The molecule has 0 aromatic carbocycles. The van der Waals surface area contributed by atoms with Crippen molar-refractivity contribution in [3.8, 4) is 0 Å². The lowest BCUT2D eigenvalue weighted by atomic mass is 9.92. The van der Waals surface area contributed by atoms with Gasteiger partial charge in [0.25, 0.3) is 5.92 Å². The number of esters is 1. The second-order valence-electron chi connectivity index (χ2n) is 5.93. The fourth-order valence-corrected chi connectivity index (χ4v) is 1.96. The zero-order valence-electron chi connectivity index (χ0n) is 12.6. The second kappa shape index (κ2) is 6.13. The van der Waals surface area contributed by atoms with Crippen LogP contribution in [0, 0.1) is 5.92 Å². The highest BCUT2D eigenvalue weighted by Gasteiger charge is 2.53. The highest BCUT2D eigenvalue weighted by Crippen LogP contribution is 2.32. The number of amides is 1. The molecule has 0 unspecified atom stereocenters. The van der Waals surface area contributed by atoms with E-state index in [1.807, 2.05) is 0 Å². The SMILES string of the molecule is CCOC(=O)[C@@H]1CN(C(=O)OC(C)(C)C)CC(F)(F)[C@H]1O. The van der Waals surface area contributed by atoms with E-state index in [0.29, 0.717) is 0 Å². The lowest BCUT2D eigenvalue weighted by Gasteiger charge is -2.40. The number of likely N-dealkylation sites (tertiary alicyclic amines) is 1. The number of nitrogens with zero attached hydrogens (tertiary/aromatic N) is 1. The van der Waals surface area contributed by atoms with E-state index in [1.54, 1.807) is 20.8 Å². The molecule has 1 saturated heterocycles. The first-order valence-electron chi connectivity index (χ1n) is 6.68. The molecule has 1 heterocycles. The van der Waals surface area contributed by atoms with Crippen LogP contribution in [-0.2, 0) is 14.3 Å². The Balaban J connectivity index is 2.89. The monoisotopic (exact) mass is 309 g/mol. The van der Waals surface area contributed by atoms with Crippen LogP contribution in [0.3, 0.4) is 0 Å². The molecule has 0 bridgehead atoms. The number of aliphatic hydroxyl groups is 1. The summed E-state index contributed by atoms with van der Waals surface area (Å²) < 4.78 is 37.2. The molecule has 0 radical (unpaired) electrons. The van der Waals surface area contributed by atoms with Gasteiger partial charge < -0.3 is 19.5 Å². The molecule has 1 rings (SSSR count). The Labute approximate surface area is 122 Å². The van der Waals surface area contributed by atoms with E-state index in [0.717, 1.165) is 4.90 Å². The van der Waals surface area contributed by atoms with Gasteiger partial charge >= 0.3 is 12.1 Å². The summed E-state index contributed by atoms with van der Waals surface area (Å²) in [5.41, 5.74) is -0.845. The molecule has 1 amide bonds. The summed E-state index contributed by atoms with van der Waals surface area (Å²) in [7, 11) is 0. The smallest absolute Gasteiger partial charge is 0.410 e. The average Bonchev–Trinajstić information content (AvgIpc) is 2.30. The second-order valence-corrected chi connectivity index (χ2v) is 5.93. The first-order valence-corrected chi connectivity index (χ1v) is 6.68. The van der Waals surface area contributed by atoms with E-state index in [9.17, 15) is 23.5 Å². The van der Waals surface area contributed by atoms with Crippen LogP contribution < -0.4 is 0 Å². The van der Waals surface area contributed by atoms with Gasteiger partial charge in [0.1, 0.15) is 17.6 Å². The van der Waals surface area contributed by atoms with Crippen LogP contribution in [0.15, 0.2) is 0 Å². The molecular weight excluding hydrogens is 288 g/mol. The third-order valence-electron chi connectivity index (χ3n) is 2.87. The van der Waals surface area contributed by atoms with E-state index < -0.39 is 42.2 Å². The minimum atomic E-state index is -3.60. The maximum Gasteiger partial charge on any atom is 0.410 e. The predicted molar refractivity (Wildman–Crippen MR) is 68.9 cm³/mol. The van der Waals surface area contributed by atoms with Gasteiger partial charge in [0, 0.05) is 6.54 Å². The number of carbonyl (C=O) groups excluding carboxylic acids is 2. The van der Waals surface area contributed by atoms with Gasteiger partial charge in [-0.3, -0.25) is 4.79 Å². The lowest BCUT2D eigenvalue weighted by Crippen LogP contribution is -2.60. The highest BCUT2D eigenvalue weighted by molar-refractivity contribution is 5.76. The molecule has 8 heteroatoms. The number of hydrogen-bond donors (Lipinski definition) is 1. The maximum atomic E-state index is 13.8. The normalized spacial score (nSPS) is 25.4. The van der Waals surface area contributed by atoms with Gasteiger partial charge in [-0.25, -0.2) is 13.6 Å². The molecule has 1 N–H and O–H groups in total. The Kier molecular flexibility index (Phi) is 5.14. The summed E-state index contributed by atoms with van der Waals surface area (Å²) >= 11 is 0. The van der Waals surface area contributed by atoms with Crippen molar-refractivity contribution in [2.24, 2.45) is 5.92 Å². The summed E-state index contributed by atoms with van der Waals surface area (Å²) in [6.45, 7) is 4.96. The molecule has 0 aromatic heterocycles. The number of carbonyl (C=O) groups is 2. The van der Waals surface area contributed by atoms with Crippen LogP contribution in [0.1, 0.15) is 27.7 Å². The molecule has 1 aliphatic heterocycles. The third-order valence-corrected chi connectivity index (χ3v) is 2.87. The summed E-state index contributed by atoms with van der Waals surface area (Å²) in [6.07, 6.45) is -3.14. The van der Waals surface area contributed by atoms with E-state index >= 15 is 0 Å². The highest BCUT2D eigenvalue weighted by atomic mass is 19.3. The first-order chi connectivity index (χ1) is 9.48. The van der Waals surface area contributed by atoms with E-state index in [2.05, 4.69) is 4.74 Å². The largest absolute Gasteiger partial charge is 0.466 e. The van der Waals surface area contributed by atoms with Gasteiger partial charge in [-0.2, -0.15) is 0 Å². The van der Waals surface area contributed by atoms with Gasteiger partial charge in [0.05, 0.1) is 13.2 Å². The molecule has 0 spiro atoms. The third kappa shape index (κ3) is 4.52. The topological polar surface area (TPSA) is 76.1 Å². The van der Waals surface area contributed by atoms with Crippen molar-refractivity contribution in [3.05, 3.63) is 0 Å². The van der Waals surface area contributed by atoms with Crippen molar-refractivity contribution >= 4 is 12.1 Å². The number of halogens is 2. The number of hydrogen-bond acceptors (Lipinski definition) is 5. The van der Waals surface area contributed by atoms with Gasteiger partial charge in [-0.1, -0.05) is 0 Å². The summed E-state index contributed by atoms with van der Waals surface area (Å²) in [5, 5.41) is 9.60. The van der Waals surface area contributed by atoms with Crippen LogP contribution in [0.5, 0.6) is 0 Å². The molecule has 1 fully saturated rings. The van der Waals surface area contributed by atoms with Gasteiger partial charge in [0.15, 0.2) is 0 Å². The molecule has 1 aliphatic rings. The van der Waals surface area contributed by atoms with Crippen molar-refractivity contribution in [2.75, 3.05) is 19.7 Å². The Hall–Kier alpha value is -1.44. The summed E-state index contributed by atoms with van der Waals surface area (Å²) in [4.78, 5) is 24.2.